The molecule has 4 aromatic rings. The fraction of sp³-hybridized carbons (Fsp3) is 0.214. The molecular formula is C28H30N8O4. The van der Waals surface area contributed by atoms with Crippen molar-refractivity contribution >= 4 is 24.2 Å². The molecule has 0 bridgehead atoms. The first-order chi connectivity index (χ1) is 19.5. The minimum absolute atomic E-state index is 0.0204. The third kappa shape index (κ3) is 7.87. The molecule has 0 radical (unpaired) electrons. The first-order valence-corrected chi connectivity index (χ1v) is 12.6. The number of hydrogen-bond donors (Lipinski definition) is 4. The maximum Gasteiger partial charge on any atom is 0.240 e. The van der Waals surface area contributed by atoms with Crippen LogP contribution in [0.5, 0.6) is 11.5 Å². The van der Waals surface area contributed by atoms with E-state index in [1.54, 1.807) is 94.9 Å². The number of hydrogen-bond acceptors (Lipinski definition) is 8. The van der Waals surface area contributed by atoms with E-state index in [0.29, 0.717) is 49.0 Å². The molecule has 2 amide bonds. The molecule has 2 heterocycles. The van der Waals surface area contributed by atoms with Crippen LogP contribution in [0.25, 0.3) is 11.6 Å². The van der Waals surface area contributed by atoms with Crippen LogP contribution in [0.3, 0.4) is 0 Å². The number of benzene rings is 2. The second kappa shape index (κ2) is 14.0. The van der Waals surface area contributed by atoms with Crippen molar-refractivity contribution in [3.05, 3.63) is 84.4 Å². The average Bonchev–Trinajstić information content (AvgIpc) is 3.59. The van der Waals surface area contributed by atoms with E-state index in [1.165, 1.54) is 0 Å². The van der Waals surface area contributed by atoms with E-state index >= 15 is 0 Å². The Labute approximate surface area is 230 Å². The number of aliphatic imine (C=N–C) groups is 2. The van der Waals surface area contributed by atoms with Gasteiger partial charge in [0.05, 0.1) is 13.1 Å². The van der Waals surface area contributed by atoms with Crippen LogP contribution in [0, 0.1) is 0 Å². The summed E-state index contributed by atoms with van der Waals surface area (Å²) in [6.45, 7) is 1.42. The predicted octanol–water partition coefficient (Wildman–Crippen LogP) is 1.63. The lowest BCUT2D eigenvalue weighted by molar-refractivity contribution is -0.122. The number of nitrogens with zero attached hydrogens (tertiary/aromatic N) is 6. The minimum Gasteiger partial charge on any atom is -0.507 e. The summed E-state index contributed by atoms with van der Waals surface area (Å²) >= 11 is 0. The number of rotatable bonds is 13. The van der Waals surface area contributed by atoms with E-state index in [-0.39, 0.29) is 36.4 Å². The topological polar surface area (TPSA) is 159 Å². The molecule has 0 aliphatic carbocycles. The van der Waals surface area contributed by atoms with Crippen molar-refractivity contribution in [1.82, 2.24) is 29.7 Å². The summed E-state index contributed by atoms with van der Waals surface area (Å²) in [5.41, 5.74) is 1.22. The molecule has 4 N–H and O–H groups in total. The summed E-state index contributed by atoms with van der Waals surface area (Å²) in [5, 5.41) is 25.1. The van der Waals surface area contributed by atoms with Crippen molar-refractivity contribution in [1.29, 1.82) is 0 Å². The molecule has 206 valence electrons. The van der Waals surface area contributed by atoms with Crippen molar-refractivity contribution in [2.24, 2.45) is 9.98 Å². The highest BCUT2D eigenvalue weighted by Gasteiger charge is 2.16. The van der Waals surface area contributed by atoms with Gasteiger partial charge in [0.15, 0.2) is 11.6 Å². The largest absolute Gasteiger partial charge is 0.507 e. The normalized spacial score (nSPS) is 11.3. The molecule has 0 saturated carbocycles. The van der Waals surface area contributed by atoms with Crippen molar-refractivity contribution in [3.8, 4) is 23.1 Å². The zero-order valence-corrected chi connectivity index (χ0v) is 21.7. The highest BCUT2D eigenvalue weighted by molar-refractivity contribution is 5.84. The fourth-order valence-electron chi connectivity index (χ4n) is 3.75. The number of carbonyl (C=O) groups is 2. The van der Waals surface area contributed by atoms with Crippen LogP contribution in [-0.2, 0) is 22.7 Å². The number of imidazole rings is 2. The molecule has 2 aromatic heterocycles. The highest BCUT2D eigenvalue weighted by atomic mass is 16.3. The molecule has 0 fully saturated rings. The maximum atomic E-state index is 12.5. The van der Waals surface area contributed by atoms with Gasteiger partial charge in [-0.25, -0.2) is 9.97 Å². The van der Waals surface area contributed by atoms with Crippen LogP contribution < -0.4 is 10.6 Å². The molecular weight excluding hydrogens is 512 g/mol. The number of phenols is 2. The van der Waals surface area contributed by atoms with Gasteiger partial charge in [-0.2, -0.15) is 0 Å². The van der Waals surface area contributed by atoms with Gasteiger partial charge in [-0.05, 0) is 24.3 Å². The molecule has 4 rings (SSSR count). The van der Waals surface area contributed by atoms with Crippen LogP contribution in [0.2, 0.25) is 0 Å². The molecule has 12 heteroatoms. The first kappa shape index (κ1) is 27.8. The summed E-state index contributed by atoms with van der Waals surface area (Å²) in [5.74, 6) is 0.757. The van der Waals surface area contributed by atoms with Gasteiger partial charge in [0, 0.05) is 61.4 Å². The Morgan fingerprint density at radius 1 is 0.725 bits per heavy atom. The third-order valence-corrected chi connectivity index (χ3v) is 5.72. The highest BCUT2D eigenvalue weighted by Crippen LogP contribution is 2.16. The van der Waals surface area contributed by atoms with Gasteiger partial charge in [0.25, 0.3) is 0 Å². The lowest BCUT2D eigenvalue weighted by Crippen LogP contribution is -2.30. The molecule has 0 atom stereocenters. The summed E-state index contributed by atoms with van der Waals surface area (Å²) < 4.78 is 3.32. The fourth-order valence-corrected chi connectivity index (χ4v) is 3.75. The molecule has 0 aliphatic rings. The third-order valence-electron chi connectivity index (χ3n) is 5.72. The zero-order chi connectivity index (χ0) is 28.2. The van der Waals surface area contributed by atoms with E-state index < -0.39 is 0 Å². The number of nitrogens with one attached hydrogen (secondary N) is 2. The van der Waals surface area contributed by atoms with Crippen molar-refractivity contribution in [2.75, 3.05) is 26.2 Å². The van der Waals surface area contributed by atoms with Crippen LogP contribution in [0.4, 0.5) is 0 Å². The predicted molar refractivity (Wildman–Crippen MR) is 151 cm³/mol. The Balaban J connectivity index is 1.23. The molecule has 40 heavy (non-hydrogen) atoms. The number of aromatic hydroxyl groups is 2. The Morgan fingerprint density at radius 2 is 1.15 bits per heavy atom. The quantitative estimate of drug-likeness (QED) is 0.148. The number of carbonyl (C=O) groups excluding carboxylic acids is 2. The standard InChI is InChI=1S/C28H30N8O4/c37-23-7-3-1-5-21(23)17-29-9-11-31-25(39)19-35-15-13-33-27(35)28-34-14-16-36(28)20-26(40)32-12-10-30-18-22-6-2-4-8-24(22)38/h1-8,13-18,37-38H,9-12,19-20H2,(H,31,39)(H,32,40). The molecule has 0 aliphatic heterocycles. The number of para-hydroxylation sites is 2. The molecule has 12 nitrogen and oxygen atoms in total. The van der Waals surface area contributed by atoms with E-state index in [2.05, 4.69) is 30.6 Å². The van der Waals surface area contributed by atoms with E-state index in [0.717, 1.165) is 0 Å². The smallest absolute Gasteiger partial charge is 0.240 e. The van der Waals surface area contributed by atoms with Gasteiger partial charge in [-0.3, -0.25) is 19.6 Å². The van der Waals surface area contributed by atoms with Crippen LogP contribution in [-0.4, -0.2) is 79.7 Å². The Kier molecular flexibility index (Phi) is 9.75. The molecule has 2 aromatic carbocycles. The number of amides is 2. The summed E-state index contributed by atoms with van der Waals surface area (Å²) in [4.78, 5) is 42.1. The Bertz CT molecular complexity index is 1380. The van der Waals surface area contributed by atoms with E-state index in [9.17, 15) is 19.8 Å². The van der Waals surface area contributed by atoms with Gasteiger partial charge in [0.1, 0.15) is 24.6 Å². The molecule has 0 unspecified atom stereocenters. The zero-order valence-electron chi connectivity index (χ0n) is 21.7. The van der Waals surface area contributed by atoms with Gasteiger partial charge in [-0.15, -0.1) is 0 Å². The Morgan fingerprint density at radius 3 is 1.57 bits per heavy atom. The summed E-state index contributed by atoms with van der Waals surface area (Å²) in [6, 6.07) is 13.7. The lowest BCUT2D eigenvalue weighted by atomic mass is 10.2. The van der Waals surface area contributed by atoms with E-state index in [4.69, 9.17) is 0 Å². The number of phenolic OH excluding ortho intramolecular Hbond substituents is 2. The second-order valence-electron chi connectivity index (χ2n) is 8.65. The average molecular weight is 543 g/mol. The molecule has 0 spiro atoms. The first-order valence-electron chi connectivity index (χ1n) is 12.6. The van der Waals surface area contributed by atoms with Gasteiger partial charge < -0.3 is 30.0 Å². The van der Waals surface area contributed by atoms with Crippen LogP contribution >= 0.6 is 0 Å². The van der Waals surface area contributed by atoms with Crippen molar-refractivity contribution < 1.29 is 19.8 Å². The van der Waals surface area contributed by atoms with Crippen LogP contribution in [0.15, 0.2) is 83.3 Å². The number of aromatic nitrogens is 4. The van der Waals surface area contributed by atoms with E-state index in [1.807, 2.05) is 0 Å². The summed E-state index contributed by atoms with van der Waals surface area (Å²) in [6.07, 6.45) is 9.62. The SMILES string of the molecule is O=C(Cn1ccnc1-c1nccn1CC(=O)NCCN=Cc1ccccc1O)NCCN=Cc1ccccc1O. The van der Waals surface area contributed by atoms with Crippen molar-refractivity contribution in [3.63, 3.8) is 0 Å². The maximum absolute atomic E-state index is 12.5. The van der Waals surface area contributed by atoms with Gasteiger partial charge in [-0.1, -0.05) is 24.3 Å². The molecule has 0 saturated heterocycles. The summed E-state index contributed by atoms with van der Waals surface area (Å²) in [7, 11) is 0. The van der Waals surface area contributed by atoms with Crippen molar-refractivity contribution in [2.45, 2.75) is 13.1 Å². The van der Waals surface area contributed by atoms with Gasteiger partial charge in [0.2, 0.25) is 11.8 Å². The second-order valence-corrected chi connectivity index (χ2v) is 8.65. The lowest BCUT2D eigenvalue weighted by Gasteiger charge is -2.10. The van der Waals surface area contributed by atoms with Gasteiger partial charge >= 0.3 is 0 Å². The van der Waals surface area contributed by atoms with Crippen LogP contribution in [0.1, 0.15) is 11.1 Å². The minimum atomic E-state index is -0.225. The Hall–Kier alpha value is -5.26. The monoisotopic (exact) mass is 542 g/mol.